The normalized spacial score (nSPS) is 44.2. The second kappa shape index (κ2) is 5.01. The van der Waals surface area contributed by atoms with Crippen molar-refractivity contribution in [2.75, 3.05) is 20.1 Å². The summed E-state index contributed by atoms with van der Waals surface area (Å²) in [7, 11) is 2.30. The van der Waals surface area contributed by atoms with Gasteiger partial charge in [-0.25, -0.2) is 0 Å². The minimum Gasteiger partial charge on any atom is -0.391 e. The van der Waals surface area contributed by atoms with Crippen LogP contribution in [0.25, 0.3) is 0 Å². The minimum atomic E-state index is -0.102. The molecule has 1 saturated carbocycles. The molecule has 1 aliphatic carbocycles. The summed E-state index contributed by atoms with van der Waals surface area (Å²) in [5.41, 5.74) is 0.404. The standard InChI is InChI=1S/C16H30N2O/c1-16(2)8-6-15(19)14(10-16)18-9-7-12-4-5-13(11-18)17(12)3/h12-15,19H,4-11H2,1-3H3. The molecule has 2 saturated heterocycles. The van der Waals surface area contributed by atoms with Crippen LogP contribution in [0.5, 0.6) is 0 Å². The van der Waals surface area contributed by atoms with Crippen LogP contribution >= 0.6 is 0 Å². The lowest BCUT2D eigenvalue weighted by molar-refractivity contribution is -0.0198. The molecular formula is C16H30N2O. The number of hydrogen-bond donors (Lipinski definition) is 1. The Hall–Kier alpha value is -0.120. The van der Waals surface area contributed by atoms with Crippen LogP contribution in [0.2, 0.25) is 0 Å². The zero-order valence-electron chi connectivity index (χ0n) is 12.8. The number of rotatable bonds is 1. The molecular weight excluding hydrogens is 236 g/mol. The quantitative estimate of drug-likeness (QED) is 0.787. The van der Waals surface area contributed by atoms with E-state index in [4.69, 9.17) is 0 Å². The number of aliphatic hydroxyl groups is 1. The topological polar surface area (TPSA) is 26.7 Å². The molecule has 3 aliphatic rings. The summed E-state index contributed by atoms with van der Waals surface area (Å²) in [6.45, 7) is 7.08. The van der Waals surface area contributed by atoms with Crippen molar-refractivity contribution < 1.29 is 5.11 Å². The van der Waals surface area contributed by atoms with Gasteiger partial charge in [0.1, 0.15) is 0 Å². The van der Waals surface area contributed by atoms with Gasteiger partial charge < -0.3 is 5.11 Å². The molecule has 0 radical (unpaired) electrons. The molecule has 0 spiro atoms. The Morgan fingerprint density at radius 2 is 1.79 bits per heavy atom. The lowest BCUT2D eigenvalue weighted by Gasteiger charge is -2.44. The molecule has 3 heteroatoms. The number of hydrogen-bond acceptors (Lipinski definition) is 3. The SMILES string of the molecule is CN1C2CCC1CN(C1CC(C)(C)CCC1O)CC2. The fraction of sp³-hybridized carbons (Fsp3) is 1.00. The van der Waals surface area contributed by atoms with Crippen molar-refractivity contribution in [3.05, 3.63) is 0 Å². The predicted octanol–water partition coefficient (Wildman–Crippen LogP) is 2.09. The van der Waals surface area contributed by atoms with E-state index in [2.05, 4.69) is 30.7 Å². The first-order valence-electron chi connectivity index (χ1n) is 8.10. The zero-order valence-corrected chi connectivity index (χ0v) is 12.8. The first-order chi connectivity index (χ1) is 8.96. The summed E-state index contributed by atoms with van der Waals surface area (Å²) in [5.74, 6) is 0. The Kier molecular flexibility index (Phi) is 3.65. The monoisotopic (exact) mass is 266 g/mol. The molecule has 0 aromatic rings. The second-order valence-electron chi connectivity index (χ2n) is 7.88. The van der Waals surface area contributed by atoms with Gasteiger partial charge in [0.2, 0.25) is 0 Å². The molecule has 1 N–H and O–H groups in total. The van der Waals surface area contributed by atoms with Crippen molar-refractivity contribution in [1.29, 1.82) is 0 Å². The molecule has 4 atom stereocenters. The van der Waals surface area contributed by atoms with Crippen molar-refractivity contribution in [3.8, 4) is 0 Å². The number of likely N-dealkylation sites (tertiary alicyclic amines) is 1. The van der Waals surface area contributed by atoms with Crippen LogP contribution in [0.3, 0.4) is 0 Å². The third-order valence-electron chi connectivity index (χ3n) is 5.97. The van der Waals surface area contributed by atoms with Crippen molar-refractivity contribution in [2.24, 2.45) is 5.41 Å². The van der Waals surface area contributed by atoms with Gasteiger partial charge in [-0.1, -0.05) is 13.8 Å². The minimum absolute atomic E-state index is 0.102. The number of aliphatic hydroxyl groups excluding tert-OH is 1. The maximum atomic E-state index is 10.4. The molecule has 0 aromatic carbocycles. The Morgan fingerprint density at radius 1 is 1.05 bits per heavy atom. The van der Waals surface area contributed by atoms with E-state index in [9.17, 15) is 5.11 Å². The third kappa shape index (κ3) is 2.70. The van der Waals surface area contributed by atoms with Crippen LogP contribution in [0.4, 0.5) is 0 Å². The molecule has 4 unspecified atom stereocenters. The molecule has 19 heavy (non-hydrogen) atoms. The summed E-state index contributed by atoms with van der Waals surface area (Å²) >= 11 is 0. The molecule has 3 nitrogen and oxygen atoms in total. The highest BCUT2D eigenvalue weighted by Gasteiger charge is 2.41. The highest BCUT2D eigenvalue weighted by atomic mass is 16.3. The average molecular weight is 266 g/mol. The van der Waals surface area contributed by atoms with Crippen LogP contribution in [-0.2, 0) is 0 Å². The summed E-state index contributed by atoms with van der Waals surface area (Å²) in [6, 6.07) is 1.92. The molecule has 2 heterocycles. The van der Waals surface area contributed by atoms with Crippen molar-refractivity contribution >= 4 is 0 Å². The van der Waals surface area contributed by atoms with Crippen LogP contribution in [0.15, 0.2) is 0 Å². The van der Waals surface area contributed by atoms with E-state index in [1.165, 1.54) is 38.8 Å². The Labute approximate surface area is 118 Å². The maximum Gasteiger partial charge on any atom is 0.0695 e. The number of nitrogens with zero attached hydrogens (tertiary/aromatic N) is 2. The van der Waals surface area contributed by atoms with Gasteiger partial charge in [-0.3, -0.25) is 9.80 Å². The van der Waals surface area contributed by atoms with Crippen molar-refractivity contribution in [3.63, 3.8) is 0 Å². The van der Waals surface area contributed by atoms with Crippen molar-refractivity contribution in [2.45, 2.75) is 76.6 Å². The largest absolute Gasteiger partial charge is 0.391 e. The second-order valence-corrected chi connectivity index (χ2v) is 7.88. The van der Waals surface area contributed by atoms with Gasteiger partial charge in [-0.2, -0.15) is 0 Å². The maximum absolute atomic E-state index is 10.4. The predicted molar refractivity (Wildman–Crippen MR) is 78.2 cm³/mol. The summed E-state index contributed by atoms with van der Waals surface area (Å²) in [4.78, 5) is 5.21. The van der Waals surface area contributed by atoms with E-state index in [1.54, 1.807) is 0 Å². The van der Waals surface area contributed by atoms with Crippen molar-refractivity contribution in [1.82, 2.24) is 9.80 Å². The lowest BCUT2D eigenvalue weighted by Crippen LogP contribution is -2.51. The molecule has 2 aliphatic heterocycles. The van der Waals surface area contributed by atoms with Crippen LogP contribution < -0.4 is 0 Å². The van der Waals surface area contributed by atoms with E-state index in [1.807, 2.05) is 0 Å². The highest BCUT2D eigenvalue weighted by molar-refractivity contribution is 4.97. The van der Waals surface area contributed by atoms with Gasteiger partial charge in [0.05, 0.1) is 6.10 Å². The Morgan fingerprint density at radius 3 is 2.58 bits per heavy atom. The average Bonchev–Trinajstić information content (AvgIpc) is 2.57. The van der Waals surface area contributed by atoms with E-state index >= 15 is 0 Å². The molecule has 0 amide bonds. The Bertz CT molecular complexity index is 331. The fourth-order valence-electron chi connectivity index (χ4n) is 4.54. The van der Waals surface area contributed by atoms with Crippen LogP contribution in [-0.4, -0.2) is 59.3 Å². The molecule has 3 rings (SSSR count). The van der Waals surface area contributed by atoms with Gasteiger partial charge in [-0.05, 0) is 51.0 Å². The Balaban J connectivity index is 1.71. The lowest BCUT2D eigenvalue weighted by atomic mass is 9.73. The third-order valence-corrected chi connectivity index (χ3v) is 5.97. The smallest absolute Gasteiger partial charge is 0.0695 e. The van der Waals surface area contributed by atoms with E-state index in [0.29, 0.717) is 11.5 Å². The number of fused-ring (bicyclic) bond motifs is 2. The summed E-state index contributed by atoms with van der Waals surface area (Å²) < 4.78 is 0. The van der Waals surface area contributed by atoms with Gasteiger partial charge in [0.15, 0.2) is 0 Å². The van der Waals surface area contributed by atoms with E-state index in [0.717, 1.165) is 24.9 Å². The number of likely N-dealkylation sites (N-methyl/N-ethyl adjacent to an activating group) is 1. The molecule has 0 aromatic heterocycles. The van der Waals surface area contributed by atoms with E-state index < -0.39 is 0 Å². The summed E-state index contributed by atoms with van der Waals surface area (Å²) in [5, 5.41) is 10.4. The first-order valence-corrected chi connectivity index (χ1v) is 8.10. The van der Waals surface area contributed by atoms with Gasteiger partial charge in [-0.15, -0.1) is 0 Å². The zero-order chi connectivity index (χ0) is 13.6. The van der Waals surface area contributed by atoms with E-state index in [-0.39, 0.29) is 6.10 Å². The van der Waals surface area contributed by atoms with Gasteiger partial charge in [0.25, 0.3) is 0 Å². The summed E-state index contributed by atoms with van der Waals surface area (Å²) in [6.07, 6.45) is 7.24. The van der Waals surface area contributed by atoms with Gasteiger partial charge in [0, 0.05) is 31.2 Å². The van der Waals surface area contributed by atoms with Crippen LogP contribution in [0, 0.1) is 5.41 Å². The first kappa shape index (κ1) is 13.8. The molecule has 110 valence electrons. The van der Waals surface area contributed by atoms with Gasteiger partial charge >= 0.3 is 0 Å². The van der Waals surface area contributed by atoms with Crippen LogP contribution in [0.1, 0.15) is 52.4 Å². The molecule has 2 bridgehead atoms. The molecule has 3 fully saturated rings. The fourth-order valence-corrected chi connectivity index (χ4v) is 4.54. The highest BCUT2D eigenvalue weighted by Crippen LogP contribution is 2.39.